The summed E-state index contributed by atoms with van der Waals surface area (Å²) in [5.41, 5.74) is 1.73. The van der Waals surface area contributed by atoms with E-state index >= 15 is 0 Å². The summed E-state index contributed by atoms with van der Waals surface area (Å²) < 4.78 is 5.14. The van der Waals surface area contributed by atoms with E-state index in [2.05, 4.69) is 5.32 Å². The molecule has 0 saturated heterocycles. The molecule has 0 amide bonds. The van der Waals surface area contributed by atoms with Gasteiger partial charge < -0.3 is 10.1 Å². The Hall–Kier alpha value is -1.51. The van der Waals surface area contributed by atoms with E-state index in [-0.39, 0.29) is 5.97 Å². The quantitative estimate of drug-likeness (QED) is 0.813. The first kappa shape index (κ1) is 12.0. The van der Waals surface area contributed by atoms with Gasteiger partial charge in [0.15, 0.2) is 0 Å². The maximum atomic E-state index is 11.9. The number of hydrogen-bond donors (Lipinski definition) is 1. The monoisotopic (exact) mass is 233 g/mol. The number of nitrogens with one attached hydrogen (secondary N) is 1. The number of hydrogen-bond acceptors (Lipinski definition) is 3. The minimum absolute atomic E-state index is 0.119. The first-order valence-electron chi connectivity index (χ1n) is 6.18. The second kappa shape index (κ2) is 4.78. The van der Waals surface area contributed by atoms with Crippen LogP contribution in [-0.2, 0) is 9.53 Å². The third-order valence-corrected chi connectivity index (χ3v) is 3.31. The highest BCUT2D eigenvalue weighted by atomic mass is 16.5. The van der Waals surface area contributed by atoms with Crippen LogP contribution in [0.5, 0.6) is 0 Å². The summed E-state index contributed by atoms with van der Waals surface area (Å²) in [6.45, 7) is 4.33. The predicted octanol–water partition coefficient (Wildman–Crippen LogP) is 2.89. The van der Waals surface area contributed by atoms with Crippen molar-refractivity contribution in [3.05, 3.63) is 29.8 Å². The lowest BCUT2D eigenvalue weighted by atomic mass is 9.76. The van der Waals surface area contributed by atoms with Crippen LogP contribution in [0.2, 0.25) is 0 Å². The molecule has 17 heavy (non-hydrogen) atoms. The molecule has 0 radical (unpaired) electrons. The molecule has 0 unspecified atom stereocenters. The summed E-state index contributed by atoms with van der Waals surface area (Å²) in [5, 5.41) is 3.33. The Morgan fingerprint density at radius 2 is 2.00 bits per heavy atom. The van der Waals surface area contributed by atoms with Crippen LogP contribution in [-0.4, -0.2) is 18.1 Å². The van der Waals surface area contributed by atoms with Crippen LogP contribution in [0, 0.1) is 6.92 Å². The predicted molar refractivity (Wildman–Crippen MR) is 68.0 cm³/mol. The van der Waals surface area contributed by atoms with Crippen LogP contribution in [0.4, 0.5) is 5.69 Å². The highest BCUT2D eigenvalue weighted by molar-refractivity contribution is 5.85. The summed E-state index contributed by atoms with van der Waals surface area (Å²) in [5.74, 6) is -0.119. The zero-order valence-corrected chi connectivity index (χ0v) is 10.5. The molecule has 0 heterocycles. The Morgan fingerprint density at radius 3 is 2.47 bits per heavy atom. The second-order valence-electron chi connectivity index (χ2n) is 4.65. The number of aryl methyl sites for hydroxylation is 1. The number of rotatable bonds is 4. The maximum absolute atomic E-state index is 11.9. The van der Waals surface area contributed by atoms with Crippen molar-refractivity contribution >= 4 is 11.7 Å². The molecule has 0 aliphatic heterocycles. The molecule has 1 aromatic carbocycles. The fraction of sp³-hybridized carbons (Fsp3) is 0.500. The Labute approximate surface area is 102 Å². The van der Waals surface area contributed by atoms with Crippen LogP contribution < -0.4 is 5.32 Å². The molecule has 1 N–H and O–H groups in total. The smallest absolute Gasteiger partial charge is 0.331 e. The third-order valence-electron chi connectivity index (χ3n) is 3.31. The maximum Gasteiger partial charge on any atom is 0.331 e. The van der Waals surface area contributed by atoms with Crippen LogP contribution in [0.15, 0.2) is 24.3 Å². The lowest BCUT2D eigenvalue weighted by molar-refractivity contribution is -0.151. The molecule has 3 heteroatoms. The Morgan fingerprint density at radius 1 is 1.35 bits per heavy atom. The molecular formula is C14H19NO2. The van der Waals surface area contributed by atoms with Gasteiger partial charge in [0, 0.05) is 5.69 Å². The van der Waals surface area contributed by atoms with E-state index in [0.717, 1.165) is 24.9 Å². The van der Waals surface area contributed by atoms with Crippen LogP contribution in [0.25, 0.3) is 0 Å². The van der Waals surface area contributed by atoms with E-state index < -0.39 is 5.54 Å². The van der Waals surface area contributed by atoms with Crippen molar-refractivity contribution in [2.75, 3.05) is 11.9 Å². The van der Waals surface area contributed by atoms with E-state index in [9.17, 15) is 4.79 Å². The molecule has 1 saturated carbocycles. The SMILES string of the molecule is CCOC(=O)C1(Nc2ccc(C)cc2)CCC1. The Bertz CT molecular complexity index is 393. The number of esters is 1. The van der Waals surface area contributed by atoms with E-state index in [4.69, 9.17) is 4.74 Å². The normalized spacial score (nSPS) is 17.1. The van der Waals surface area contributed by atoms with Crippen LogP contribution in [0.3, 0.4) is 0 Å². The summed E-state index contributed by atoms with van der Waals surface area (Å²) >= 11 is 0. The molecule has 1 fully saturated rings. The summed E-state index contributed by atoms with van der Waals surface area (Å²) in [7, 11) is 0. The van der Waals surface area contributed by atoms with Crippen LogP contribution >= 0.6 is 0 Å². The molecule has 0 spiro atoms. The van der Waals surface area contributed by atoms with E-state index in [0.29, 0.717) is 6.61 Å². The van der Waals surface area contributed by atoms with Gasteiger partial charge in [-0.05, 0) is 45.2 Å². The van der Waals surface area contributed by atoms with Gasteiger partial charge in [-0.15, -0.1) is 0 Å². The van der Waals surface area contributed by atoms with Crippen molar-refractivity contribution in [3.63, 3.8) is 0 Å². The summed E-state index contributed by atoms with van der Waals surface area (Å²) in [6.07, 6.45) is 2.80. The van der Waals surface area contributed by atoms with Gasteiger partial charge >= 0.3 is 5.97 Å². The van der Waals surface area contributed by atoms with Gasteiger partial charge in [-0.2, -0.15) is 0 Å². The average Bonchev–Trinajstić information content (AvgIpc) is 2.26. The highest BCUT2D eigenvalue weighted by Gasteiger charge is 2.45. The Balaban J connectivity index is 2.09. The number of carbonyl (C=O) groups is 1. The first-order valence-corrected chi connectivity index (χ1v) is 6.18. The lowest BCUT2D eigenvalue weighted by Gasteiger charge is -2.40. The molecule has 92 valence electrons. The van der Waals surface area contributed by atoms with Crippen molar-refractivity contribution in [3.8, 4) is 0 Å². The zero-order valence-electron chi connectivity index (χ0n) is 10.5. The third kappa shape index (κ3) is 2.43. The highest BCUT2D eigenvalue weighted by Crippen LogP contribution is 2.36. The molecule has 2 rings (SSSR count). The Kier molecular flexibility index (Phi) is 3.36. The zero-order chi connectivity index (χ0) is 12.3. The van der Waals surface area contributed by atoms with Crippen molar-refractivity contribution in [1.82, 2.24) is 0 Å². The molecule has 0 aromatic heterocycles. The van der Waals surface area contributed by atoms with Gasteiger partial charge in [0.05, 0.1) is 6.61 Å². The molecule has 0 bridgehead atoms. The van der Waals surface area contributed by atoms with Crippen molar-refractivity contribution in [1.29, 1.82) is 0 Å². The standard InChI is InChI=1S/C14H19NO2/c1-3-17-13(16)14(9-4-10-14)15-12-7-5-11(2)6-8-12/h5-8,15H,3-4,9-10H2,1-2H3. The summed E-state index contributed by atoms with van der Waals surface area (Å²) in [4.78, 5) is 11.9. The van der Waals surface area contributed by atoms with Crippen molar-refractivity contribution in [2.45, 2.75) is 38.6 Å². The number of benzene rings is 1. The van der Waals surface area contributed by atoms with Gasteiger partial charge in [0.2, 0.25) is 0 Å². The van der Waals surface area contributed by atoms with Gasteiger partial charge in [0.1, 0.15) is 5.54 Å². The fourth-order valence-corrected chi connectivity index (χ4v) is 2.09. The van der Waals surface area contributed by atoms with E-state index in [1.54, 1.807) is 0 Å². The second-order valence-corrected chi connectivity index (χ2v) is 4.65. The van der Waals surface area contributed by atoms with Crippen LogP contribution in [0.1, 0.15) is 31.7 Å². The molecule has 1 aliphatic carbocycles. The number of carbonyl (C=O) groups excluding carboxylic acids is 1. The summed E-state index contributed by atoms with van der Waals surface area (Å²) in [6, 6.07) is 8.10. The number of ether oxygens (including phenoxy) is 1. The van der Waals surface area contributed by atoms with E-state index in [1.807, 2.05) is 38.1 Å². The van der Waals surface area contributed by atoms with Gasteiger partial charge in [-0.1, -0.05) is 17.7 Å². The molecule has 1 aliphatic rings. The van der Waals surface area contributed by atoms with Gasteiger partial charge in [0.25, 0.3) is 0 Å². The molecular weight excluding hydrogens is 214 g/mol. The van der Waals surface area contributed by atoms with Gasteiger partial charge in [-0.3, -0.25) is 0 Å². The van der Waals surface area contributed by atoms with Gasteiger partial charge in [-0.25, -0.2) is 4.79 Å². The largest absolute Gasteiger partial charge is 0.464 e. The fourth-order valence-electron chi connectivity index (χ4n) is 2.09. The first-order chi connectivity index (χ1) is 8.16. The average molecular weight is 233 g/mol. The topological polar surface area (TPSA) is 38.3 Å². The molecule has 0 atom stereocenters. The van der Waals surface area contributed by atoms with E-state index in [1.165, 1.54) is 5.56 Å². The minimum Gasteiger partial charge on any atom is -0.464 e. The molecule has 3 nitrogen and oxygen atoms in total. The lowest BCUT2D eigenvalue weighted by Crippen LogP contribution is -2.53. The number of anilines is 1. The van der Waals surface area contributed by atoms with Crippen molar-refractivity contribution < 1.29 is 9.53 Å². The van der Waals surface area contributed by atoms with Crippen molar-refractivity contribution in [2.24, 2.45) is 0 Å². The molecule has 1 aromatic rings. The minimum atomic E-state index is -0.481.